The number of ether oxygens (including phenoxy) is 2. The number of para-hydroxylation sites is 1. The van der Waals surface area contributed by atoms with Gasteiger partial charge in [0.1, 0.15) is 11.5 Å². The molecule has 0 aromatic heterocycles. The van der Waals surface area contributed by atoms with E-state index in [9.17, 15) is 0 Å². The minimum absolute atomic E-state index is 0. The first kappa shape index (κ1) is 22.1. The molecule has 0 heterocycles. The molecule has 2 aromatic carbocycles. The van der Waals surface area contributed by atoms with Gasteiger partial charge in [-0.1, -0.05) is 30.3 Å². The summed E-state index contributed by atoms with van der Waals surface area (Å²) < 4.78 is 11.0. The Hall–Kier alpha value is -1.96. The van der Waals surface area contributed by atoms with E-state index in [0.717, 1.165) is 36.0 Å². The lowest BCUT2D eigenvalue weighted by molar-refractivity contribution is 0.309. The van der Waals surface area contributed by atoms with E-state index in [1.54, 1.807) is 14.2 Å². The summed E-state index contributed by atoms with van der Waals surface area (Å²) in [5, 5.41) is 6.60. The Kier molecular flexibility index (Phi) is 10.5. The second-order valence-corrected chi connectivity index (χ2v) is 5.67. The molecule has 0 bridgehead atoms. The van der Waals surface area contributed by atoms with Crippen LogP contribution in [0.25, 0.3) is 0 Å². The molecule has 0 saturated carbocycles. The van der Waals surface area contributed by atoms with Crippen LogP contribution in [0.2, 0.25) is 0 Å². The zero-order chi connectivity index (χ0) is 17.9. The van der Waals surface area contributed by atoms with E-state index in [-0.39, 0.29) is 24.0 Å². The van der Waals surface area contributed by atoms with Gasteiger partial charge < -0.3 is 20.1 Å². The van der Waals surface area contributed by atoms with E-state index in [1.165, 1.54) is 5.56 Å². The molecule has 0 aliphatic carbocycles. The molecule has 2 aromatic rings. The lowest BCUT2D eigenvalue weighted by Crippen LogP contribution is -2.37. The van der Waals surface area contributed by atoms with Crippen LogP contribution < -0.4 is 20.1 Å². The fourth-order valence-electron chi connectivity index (χ4n) is 2.33. The first-order valence-electron chi connectivity index (χ1n) is 8.49. The van der Waals surface area contributed by atoms with E-state index in [4.69, 9.17) is 9.47 Å². The number of rotatable bonds is 8. The number of hydrogen-bond donors (Lipinski definition) is 2. The smallest absolute Gasteiger partial charge is 0.191 e. The normalized spacial score (nSPS) is 10.7. The number of nitrogens with one attached hydrogen (secondary N) is 2. The van der Waals surface area contributed by atoms with Crippen molar-refractivity contribution in [3.63, 3.8) is 0 Å². The quantitative estimate of drug-likeness (QED) is 0.268. The maximum absolute atomic E-state index is 5.79. The van der Waals surface area contributed by atoms with Crippen molar-refractivity contribution in [2.45, 2.75) is 19.9 Å². The Morgan fingerprint density at radius 3 is 2.42 bits per heavy atom. The molecule has 0 radical (unpaired) electrons. The van der Waals surface area contributed by atoms with Crippen molar-refractivity contribution in [3.8, 4) is 11.5 Å². The highest BCUT2D eigenvalue weighted by molar-refractivity contribution is 14.0. The largest absolute Gasteiger partial charge is 0.497 e. The topological polar surface area (TPSA) is 54.9 Å². The monoisotopic (exact) mass is 469 g/mol. The minimum Gasteiger partial charge on any atom is -0.497 e. The molecule has 2 rings (SSSR count). The predicted octanol–water partition coefficient (Wildman–Crippen LogP) is 3.76. The number of halogens is 1. The van der Waals surface area contributed by atoms with Crippen LogP contribution in [0.3, 0.4) is 0 Å². The summed E-state index contributed by atoms with van der Waals surface area (Å²) in [6.45, 7) is 4.24. The number of aryl methyl sites for hydroxylation is 1. The van der Waals surface area contributed by atoms with Crippen molar-refractivity contribution in [2.24, 2.45) is 4.99 Å². The van der Waals surface area contributed by atoms with Gasteiger partial charge in [0.25, 0.3) is 0 Å². The summed E-state index contributed by atoms with van der Waals surface area (Å²) >= 11 is 0. The van der Waals surface area contributed by atoms with Gasteiger partial charge in [-0.15, -0.1) is 24.0 Å². The van der Waals surface area contributed by atoms with Crippen molar-refractivity contribution in [3.05, 3.63) is 59.7 Å². The van der Waals surface area contributed by atoms with Crippen LogP contribution in [0, 0.1) is 6.92 Å². The molecule has 26 heavy (non-hydrogen) atoms. The molecule has 6 heteroatoms. The zero-order valence-electron chi connectivity index (χ0n) is 15.6. The first-order chi connectivity index (χ1) is 12.2. The van der Waals surface area contributed by atoms with Crippen LogP contribution >= 0.6 is 24.0 Å². The molecule has 2 N–H and O–H groups in total. The third-order valence-electron chi connectivity index (χ3n) is 3.81. The Bertz CT molecular complexity index is 675. The molecule has 0 spiro atoms. The van der Waals surface area contributed by atoms with E-state index < -0.39 is 0 Å². The summed E-state index contributed by atoms with van der Waals surface area (Å²) in [5.41, 5.74) is 2.33. The van der Waals surface area contributed by atoms with E-state index in [2.05, 4.69) is 28.6 Å². The SMILES string of the molecule is CN=C(NCCCOc1ccccc1C)NCc1ccc(OC)cc1.I. The van der Waals surface area contributed by atoms with E-state index in [1.807, 2.05) is 42.5 Å². The fourth-order valence-corrected chi connectivity index (χ4v) is 2.33. The molecule has 0 saturated heterocycles. The van der Waals surface area contributed by atoms with Gasteiger partial charge in [-0.3, -0.25) is 4.99 Å². The number of benzene rings is 2. The number of guanidine groups is 1. The van der Waals surface area contributed by atoms with Crippen molar-refractivity contribution in [2.75, 3.05) is 27.3 Å². The number of hydrogen-bond acceptors (Lipinski definition) is 3. The van der Waals surface area contributed by atoms with Crippen LogP contribution in [0.5, 0.6) is 11.5 Å². The van der Waals surface area contributed by atoms with Crippen LogP contribution in [0.15, 0.2) is 53.5 Å². The predicted molar refractivity (Wildman–Crippen MR) is 118 cm³/mol. The van der Waals surface area contributed by atoms with Gasteiger partial charge in [0, 0.05) is 20.1 Å². The maximum Gasteiger partial charge on any atom is 0.191 e. The van der Waals surface area contributed by atoms with Gasteiger partial charge in [0.2, 0.25) is 0 Å². The number of aliphatic imine (C=N–C) groups is 1. The maximum atomic E-state index is 5.79. The van der Waals surface area contributed by atoms with Crippen molar-refractivity contribution < 1.29 is 9.47 Å². The minimum atomic E-state index is 0. The van der Waals surface area contributed by atoms with Gasteiger partial charge in [-0.2, -0.15) is 0 Å². The standard InChI is InChI=1S/C20H27N3O2.HI/c1-16-7-4-5-8-19(16)25-14-6-13-22-20(21-2)23-15-17-9-11-18(24-3)12-10-17;/h4-5,7-12H,6,13-15H2,1-3H3,(H2,21,22,23);1H. The first-order valence-corrected chi connectivity index (χ1v) is 8.49. The second kappa shape index (κ2) is 12.4. The average Bonchev–Trinajstić information content (AvgIpc) is 2.65. The van der Waals surface area contributed by atoms with E-state index >= 15 is 0 Å². The summed E-state index contributed by atoms with van der Waals surface area (Å²) in [7, 11) is 3.44. The van der Waals surface area contributed by atoms with Gasteiger partial charge in [0.05, 0.1) is 13.7 Å². The van der Waals surface area contributed by atoms with Gasteiger partial charge in [-0.05, 0) is 42.7 Å². The van der Waals surface area contributed by atoms with Crippen LogP contribution in [0.1, 0.15) is 17.5 Å². The lowest BCUT2D eigenvalue weighted by atomic mass is 10.2. The molecule has 0 atom stereocenters. The van der Waals surface area contributed by atoms with Crippen molar-refractivity contribution in [1.82, 2.24) is 10.6 Å². The van der Waals surface area contributed by atoms with Crippen molar-refractivity contribution in [1.29, 1.82) is 0 Å². The highest BCUT2D eigenvalue weighted by atomic mass is 127. The molecular weight excluding hydrogens is 441 g/mol. The third kappa shape index (κ3) is 7.51. The summed E-state index contributed by atoms with van der Waals surface area (Å²) in [6, 6.07) is 16.0. The molecular formula is C20H28IN3O2. The highest BCUT2D eigenvalue weighted by Crippen LogP contribution is 2.16. The second-order valence-electron chi connectivity index (χ2n) is 5.67. The molecule has 0 unspecified atom stereocenters. The van der Waals surface area contributed by atoms with Crippen LogP contribution in [-0.4, -0.2) is 33.3 Å². The number of nitrogens with zero attached hydrogens (tertiary/aromatic N) is 1. The summed E-state index contributed by atoms with van der Waals surface area (Å²) in [5.74, 6) is 2.59. The van der Waals surface area contributed by atoms with Crippen LogP contribution in [-0.2, 0) is 6.54 Å². The molecule has 0 aliphatic rings. The van der Waals surface area contributed by atoms with Crippen molar-refractivity contribution >= 4 is 29.9 Å². The summed E-state index contributed by atoms with van der Waals surface area (Å²) in [4.78, 5) is 4.24. The molecule has 0 amide bonds. The number of methoxy groups -OCH3 is 1. The van der Waals surface area contributed by atoms with Gasteiger partial charge in [0.15, 0.2) is 5.96 Å². The fraction of sp³-hybridized carbons (Fsp3) is 0.350. The Morgan fingerprint density at radius 2 is 1.77 bits per heavy atom. The zero-order valence-corrected chi connectivity index (χ0v) is 17.9. The highest BCUT2D eigenvalue weighted by Gasteiger charge is 2.00. The lowest BCUT2D eigenvalue weighted by Gasteiger charge is -2.13. The van der Waals surface area contributed by atoms with Crippen LogP contribution in [0.4, 0.5) is 0 Å². The molecule has 0 fully saturated rings. The third-order valence-corrected chi connectivity index (χ3v) is 3.81. The van der Waals surface area contributed by atoms with E-state index in [0.29, 0.717) is 13.2 Å². The Labute approximate surface area is 173 Å². The summed E-state index contributed by atoms with van der Waals surface area (Å²) in [6.07, 6.45) is 0.900. The Morgan fingerprint density at radius 1 is 1.04 bits per heavy atom. The average molecular weight is 469 g/mol. The molecule has 142 valence electrons. The molecule has 5 nitrogen and oxygen atoms in total. The molecule has 0 aliphatic heterocycles. The van der Waals surface area contributed by atoms with Gasteiger partial charge >= 0.3 is 0 Å². The Balaban J connectivity index is 0.00000338. The van der Waals surface area contributed by atoms with Gasteiger partial charge in [-0.25, -0.2) is 0 Å².